The zero-order valence-corrected chi connectivity index (χ0v) is 13.8. The number of anilines is 1. The minimum atomic E-state index is -5.11. The fraction of sp³-hybridized carbons (Fsp3) is 0.500. The van der Waals surface area contributed by atoms with Gasteiger partial charge in [0.2, 0.25) is 5.91 Å². The minimum Gasteiger partial charge on any atom is -0.463 e. The molecule has 0 saturated heterocycles. The van der Waals surface area contributed by atoms with Crippen molar-refractivity contribution in [2.75, 3.05) is 11.9 Å². The third kappa shape index (κ3) is 4.39. The van der Waals surface area contributed by atoms with E-state index in [0.29, 0.717) is 12.0 Å². The summed E-state index contributed by atoms with van der Waals surface area (Å²) in [5, 5.41) is 3.93. The molecule has 1 unspecified atom stereocenters. The van der Waals surface area contributed by atoms with E-state index in [1.165, 1.54) is 19.1 Å². The van der Waals surface area contributed by atoms with Crippen LogP contribution in [0.4, 0.5) is 18.9 Å². The van der Waals surface area contributed by atoms with Crippen molar-refractivity contribution >= 4 is 17.6 Å². The number of esters is 1. The van der Waals surface area contributed by atoms with Crippen LogP contribution in [0.25, 0.3) is 0 Å². The highest BCUT2D eigenvalue weighted by molar-refractivity contribution is 5.91. The number of halogens is 3. The van der Waals surface area contributed by atoms with Gasteiger partial charge in [0, 0.05) is 12.1 Å². The van der Waals surface area contributed by atoms with Gasteiger partial charge in [0.1, 0.15) is 0 Å². The number of hydrogen-bond donors (Lipinski definition) is 2. The lowest BCUT2D eigenvalue weighted by atomic mass is 10.1. The van der Waals surface area contributed by atoms with Gasteiger partial charge in [-0.3, -0.25) is 4.79 Å². The smallest absolute Gasteiger partial charge is 0.441 e. The Bertz CT molecular complexity index is 590. The van der Waals surface area contributed by atoms with Crippen LogP contribution in [-0.2, 0) is 14.3 Å². The summed E-state index contributed by atoms with van der Waals surface area (Å²) in [6.45, 7) is 4.37. The molecule has 0 heterocycles. The van der Waals surface area contributed by atoms with Crippen LogP contribution >= 0.6 is 0 Å². The molecule has 24 heavy (non-hydrogen) atoms. The second-order valence-electron chi connectivity index (χ2n) is 5.21. The van der Waals surface area contributed by atoms with Crippen molar-refractivity contribution in [3.05, 3.63) is 29.8 Å². The molecule has 5 nitrogen and oxygen atoms in total. The first-order valence-electron chi connectivity index (χ1n) is 7.56. The summed E-state index contributed by atoms with van der Waals surface area (Å²) in [5.41, 5.74) is -2.79. The van der Waals surface area contributed by atoms with Crippen molar-refractivity contribution in [1.82, 2.24) is 5.32 Å². The van der Waals surface area contributed by atoms with Crippen molar-refractivity contribution in [3.63, 3.8) is 0 Å². The summed E-state index contributed by atoms with van der Waals surface area (Å²) in [6.07, 6.45) is -4.91. The van der Waals surface area contributed by atoms with Crippen molar-refractivity contribution in [1.29, 1.82) is 0 Å². The largest absolute Gasteiger partial charge is 0.463 e. The van der Waals surface area contributed by atoms with Crippen LogP contribution in [0.2, 0.25) is 0 Å². The van der Waals surface area contributed by atoms with Crippen LogP contribution in [0.15, 0.2) is 24.3 Å². The van der Waals surface area contributed by atoms with Gasteiger partial charge in [-0.05, 0) is 31.9 Å². The predicted octanol–water partition coefficient (Wildman–Crippen LogP) is 3.14. The highest BCUT2D eigenvalue weighted by atomic mass is 19.4. The summed E-state index contributed by atoms with van der Waals surface area (Å²) in [6, 6.07) is 6.15. The number of aryl methyl sites for hydroxylation is 1. The molecule has 0 spiro atoms. The van der Waals surface area contributed by atoms with E-state index >= 15 is 0 Å². The molecule has 1 aromatic carbocycles. The number of hydrogen-bond acceptors (Lipinski definition) is 4. The molecule has 0 aliphatic heterocycles. The Morgan fingerprint density at radius 1 is 1.17 bits per heavy atom. The molecule has 0 aliphatic rings. The Kier molecular flexibility index (Phi) is 6.62. The summed E-state index contributed by atoms with van der Waals surface area (Å²) in [5.74, 6) is -2.51. The average molecular weight is 346 g/mol. The van der Waals surface area contributed by atoms with Crippen molar-refractivity contribution < 1.29 is 27.5 Å². The number of para-hydroxylation sites is 1. The van der Waals surface area contributed by atoms with E-state index in [9.17, 15) is 22.8 Å². The van der Waals surface area contributed by atoms with Gasteiger partial charge >= 0.3 is 17.8 Å². The molecule has 8 heteroatoms. The number of carbonyl (C=O) groups is 2. The molecule has 1 aromatic rings. The fourth-order valence-electron chi connectivity index (χ4n) is 2.04. The molecule has 134 valence electrons. The van der Waals surface area contributed by atoms with Crippen LogP contribution in [-0.4, -0.2) is 30.3 Å². The van der Waals surface area contributed by atoms with E-state index in [2.05, 4.69) is 10.1 Å². The topological polar surface area (TPSA) is 67.4 Å². The van der Waals surface area contributed by atoms with Gasteiger partial charge in [-0.1, -0.05) is 25.1 Å². The normalized spacial score (nSPS) is 13.8. The molecule has 1 amide bonds. The molecule has 0 saturated carbocycles. The number of amides is 1. The maximum absolute atomic E-state index is 13.8. The number of nitrogens with one attached hydrogen (secondary N) is 2. The zero-order valence-electron chi connectivity index (χ0n) is 13.8. The number of carbonyl (C=O) groups excluding carboxylic acids is 2. The maximum atomic E-state index is 13.8. The molecule has 0 aromatic heterocycles. The van der Waals surface area contributed by atoms with E-state index in [-0.39, 0.29) is 18.7 Å². The molecule has 2 N–H and O–H groups in total. The molecule has 1 rings (SSSR count). The maximum Gasteiger partial charge on any atom is 0.441 e. The SMILES string of the molecule is CCCC(=O)NC(Nc1ccccc1C)(C(=O)OCC)C(F)(F)F. The van der Waals surface area contributed by atoms with Crippen LogP contribution in [0, 0.1) is 6.92 Å². The van der Waals surface area contributed by atoms with Gasteiger partial charge < -0.3 is 15.4 Å². The van der Waals surface area contributed by atoms with Crippen molar-refractivity contribution in [3.8, 4) is 0 Å². The quantitative estimate of drug-likeness (QED) is 0.588. The Morgan fingerprint density at radius 3 is 2.29 bits per heavy atom. The Morgan fingerprint density at radius 2 is 1.79 bits per heavy atom. The third-order valence-corrected chi connectivity index (χ3v) is 3.28. The standard InChI is InChI=1S/C16H21F3N2O3/c1-4-8-13(22)21-15(16(17,18)19,14(23)24-5-2)20-12-10-7-6-9-11(12)3/h6-7,9-10,20H,4-5,8H2,1-3H3,(H,21,22). The lowest BCUT2D eigenvalue weighted by Gasteiger charge is -2.35. The minimum absolute atomic E-state index is 0.0691. The molecule has 0 bridgehead atoms. The molecule has 1 atom stereocenters. The van der Waals surface area contributed by atoms with E-state index < -0.39 is 23.7 Å². The number of ether oxygens (including phenoxy) is 1. The first-order chi connectivity index (χ1) is 11.2. The number of alkyl halides is 3. The zero-order chi connectivity index (χ0) is 18.4. The highest BCUT2D eigenvalue weighted by Gasteiger charge is 2.63. The van der Waals surface area contributed by atoms with E-state index in [0.717, 1.165) is 0 Å². The van der Waals surface area contributed by atoms with E-state index in [1.54, 1.807) is 31.3 Å². The fourth-order valence-corrected chi connectivity index (χ4v) is 2.04. The van der Waals surface area contributed by atoms with Gasteiger partial charge in [0.05, 0.1) is 6.61 Å². The lowest BCUT2D eigenvalue weighted by Crippen LogP contribution is -2.69. The van der Waals surface area contributed by atoms with Gasteiger partial charge in [-0.15, -0.1) is 0 Å². The first kappa shape index (κ1) is 19.8. The monoisotopic (exact) mass is 346 g/mol. The Balaban J connectivity index is 3.37. The second-order valence-corrected chi connectivity index (χ2v) is 5.21. The van der Waals surface area contributed by atoms with Crippen LogP contribution in [0.5, 0.6) is 0 Å². The first-order valence-corrected chi connectivity index (χ1v) is 7.56. The van der Waals surface area contributed by atoms with Gasteiger partial charge in [-0.25, -0.2) is 4.79 Å². The number of rotatable bonds is 7. The highest BCUT2D eigenvalue weighted by Crippen LogP contribution is 2.34. The van der Waals surface area contributed by atoms with Crippen LogP contribution < -0.4 is 10.6 Å². The molecular weight excluding hydrogens is 325 g/mol. The number of benzene rings is 1. The lowest BCUT2D eigenvalue weighted by molar-refractivity contribution is -0.207. The predicted molar refractivity (Wildman–Crippen MR) is 83.3 cm³/mol. The van der Waals surface area contributed by atoms with E-state index in [1.807, 2.05) is 0 Å². The molecule has 0 radical (unpaired) electrons. The Labute approximate surface area is 138 Å². The molecule has 0 aliphatic carbocycles. The third-order valence-electron chi connectivity index (χ3n) is 3.28. The molecular formula is C16H21F3N2O3. The van der Waals surface area contributed by atoms with Crippen LogP contribution in [0.1, 0.15) is 32.3 Å². The van der Waals surface area contributed by atoms with E-state index in [4.69, 9.17) is 0 Å². The van der Waals surface area contributed by atoms with Gasteiger partial charge in [0.25, 0.3) is 0 Å². The second kappa shape index (κ2) is 8.03. The van der Waals surface area contributed by atoms with Crippen molar-refractivity contribution in [2.45, 2.75) is 45.5 Å². The van der Waals surface area contributed by atoms with Crippen molar-refractivity contribution in [2.24, 2.45) is 0 Å². The summed E-state index contributed by atoms with van der Waals surface area (Å²) in [7, 11) is 0. The van der Waals surface area contributed by atoms with Gasteiger partial charge in [-0.2, -0.15) is 13.2 Å². The molecule has 0 fully saturated rings. The average Bonchev–Trinajstić information content (AvgIpc) is 2.48. The summed E-state index contributed by atoms with van der Waals surface area (Å²) < 4.78 is 46.0. The van der Waals surface area contributed by atoms with Crippen LogP contribution in [0.3, 0.4) is 0 Å². The Hall–Kier alpha value is -2.25. The summed E-state index contributed by atoms with van der Waals surface area (Å²) >= 11 is 0. The van der Waals surface area contributed by atoms with Gasteiger partial charge in [0.15, 0.2) is 0 Å². The summed E-state index contributed by atoms with van der Waals surface area (Å²) in [4.78, 5) is 24.0.